The maximum atomic E-state index is 12.4. The van der Waals surface area contributed by atoms with Crippen LogP contribution in [-0.4, -0.2) is 36.0 Å². The number of Topliss-reactive ketones (excluding diaryl/α,β-unsaturated/α-hetero) is 2. The smallest absolute Gasteiger partial charge is 0.236 e. The summed E-state index contributed by atoms with van der Waals surface area (Å²) >= 11 is 5.95. The molecule has 1 aromatic carbocycles. The van der Waals surface area contributed by atoms with Crippen molar-refractivity contribution < 1.29 is 29.3 Å². The summed E-state index contributed by atoms with van der Waals surface area (Å²) in [5, 5.41) is 20.2. The molecule has 0 unspecified atom stereocenters. The number of carbonyl (C=O) groups is 2. The highest BCUT2D eigenvalue weighted by molar-refractivity contribution is 6.36. The van der Waals surface area contributed by atoms with Crippen molar-refractivity contribution in [3.8, 4) is 11.5 Å². The van der Waals surface area contributed by atoms with Crippen LogP contribution in [0.5, 0.6) is 11.5 Å². The largest absolute Gasteiger partial charge is 0.507 e. The second-order valence-corrected chi connectivity index (χ2v) is 4.70. The van der Waals surface area contributed by atoms with Crippen LogP contribution in [0.1, 0.15) is 33.2 Å². The minimum atomic E-state index is -0.777. The molecule has 0 aliphatic heterocycles. The number of aromatic hydroxyl groups is 2. The molecule has 2 N–H and O–H groups in total. The van der Waals surface area contributed by atoms with E-state index in [1.807, 2.05) is 0 Å². The van der Waals surface area contributed by atoms with Gasteiger partial charge in [-0.2, -0.15) is 0 Å². The number of hydrogen-bond donors (Lipinski definition) is 2. The number of benzene rings is 1. The fourth-order valence-electron chi connectivity index (χ4n) is 2.31. The lowest BCUT2D eigenvalue weighted by Crippen LogP contribution is -2.25. The van der Waals surface area contributed by atoms with E-state index in [-0.39, 0.29) is 39.7 Å². The molecule has 1 aliphatic carbocycles. The molecule has 1 aromatic rings. The van der Waals surface area contributed by atoms with Crippen molar-refractivity contribution in [2.45, 2.75) is 13.3 Å². The molecule has 0 saturated heterocycles. The Morgan fingerprint density at radius 1 is 0.952 bits per heavy atom. The van der Waals surface area contributed by atoms with Crippen molar-refractivity contribution in [2.75, 3.05) is 14.2 Å². The number of phenols is 2. The topological polar surface area (TPSA) is 93.1 Å². The van der Waals surface area contributed by atoms with Gasteiger partial charge in [0.15, 0.2) is 0 Å². The molecule has 0 fully saturated rings. The van der Waals surface area contributed by atoms with E-state index >= 15 is 0 Å². The highest BCUT2D eigenvalue weighted by Crippen LogP contribution is 2.45. The van der Waals surface area contributed by atoms with Crippen molar-refractivity contribution in [1.82, 2.24) is 0 Å². The predicted octanol–water partition coefficient (Wildman–Crippen LogP) is 2.20. The van der Waals surface area contributed by atoms with Crippen LogP contribution in [-0.2, 0) is 15.9 Å². The number of carbonyl (C=O) groups excluding carboxylic acids is 2. The van der Waals surface area contributed by atoms with E-state index in [0.29, 0.717) is 0 Å². The average molecular weight is 313 g/mol. The van der Waals surface area contributed by atoms with Gasteiger partial charge < -0.3 is 19.7 Å². The monoisotopic (exact) mass is 312 g/mol. The van der Waals surface area contributed by atoms with Gasteiger partial charge in [-0.25, -0.2) is 0 Å². The number of methoxy groups -OCH3 is 2. The molecule has 0 amide bonds. The molecule has 0 bridgehead atoms. The fraction of sp³-hybridized carbons (Fsp3) is 0.286. The van der Waals surface area contributed by atoms with Gasteiger partial charge in [-0.15, -0.1) is 0 Å². The van der Waals surface area contributed by atoms with Gasteiger partial charge in [0, 0.05) is 5.56 Å². The first-order valence-electron chi connectivity index (χ1n) is 6.08. The predicted molar refractivity (Wildman–Crippen MR) is 73.9 cm³/mol. The number of allylic oxidation sites excluding steroid dienone is 2. The zero-order valence-electron chi connectivity index (χ0n) is 11.6. The van der Waals surface area contributed by atoms with E-state index in [1.165, 1.54) is 14.2 Å². The molecule has 0 radical (unpaired) electrons. The van der Waals surface area contributed by atoms with Gasteiger partial charge in [0.05, 0.1) is 30.4 Å². The zero-order chi connectivity index (χ0) is 15.9. The number of halogens is 1. The third-order valence-electron chi connectivity index (χ3n) is 3.32. The summed E-state index contributed by atoms with van der Waals surface area (Å²) < 4.78 is 9.77. The van der Waals surface area contributed by atoms with Gasteiger partial charge in [-0.05, 0) is 6.42 Å². The van der Waals surface area contributed by atoms with E-state index < -0.39 is 23.1 Å². The van der Waals surface area contributed by atoms with Crippen LogP contribution in [0.25, 0.3) is 0 Å². The zero-order valence-corrected chi connectivity index (χ0v) is 12.4. The highest BCUT2D eigenvalue weighted by atomic mass is 35.5. The van der Waals surface area contributed by atoms with Crippen LogP contribution >= 0.6 is 11.6 Å². The highest BCUT2D eigenvalue weighted by Gasteiger charge is 2.40. The summed E-state index contributed by atoms with van der Waals surface area (Å²) in [6.45, 7) is 1.69. The molecule has 7 heteroatoms. The van der Waals surface area contributed by atoms with E-state index in [4.69, 9.17) is 21.1 Å². The second kappa shape index (κ2) is 5.29. The van der Waals surface area contributed by atoms with Crippen LogP contribution in [0, 0.1) is 0 Å². The summed E-state index contributed by atoms with van der Waals surface area (Å²) in [6, 6.07) is 0. The van der Waals surface area contributed by atoms with Crippen molar-refractivity contribution in [3.05, 3.63) is 33.2 Å². The number of phenolic OH excluding ortho intramolecular Hbond substituents is 2. The quantitative estimate of drug-likeness (QED) is 0.831. The summed E-state index contributed by atoms with van der Waals surface area (Å²) in [5.74, 6) is -3.17. The van der Waals surface area contributed by atoms with E-state index in [0.717, 1.165) is 0 Å². The molecule has 1 aliphatic rings. The van der Waals surface area contributed by atoms with Gasteiger partial charge in [-0.3, -0.25) is 9.59 Å². The molecule has 0 atom stereocenters. The molecule has 112 valence electrons. The van der Waals surface area contributed by atoms with Crippen molar-refractivity contribution in [2.24, 2.45) is 0 Å². The van der Waals surface area contributed by atoms with Gasteiger partial charge in [-0.1, -0.05) is 18.5 Å². The molecular weight excluding hydrogens is 300 g/mol. The molecule has 6 nitrogen and oxygen atoms in total. The fourth-order valence-corrected chi connectivity index (χ4v) is 2.63. The summed E-state index contributed by atoms with van der Waals surface area (Å²) in [5.41, 5.74) is -0.515. The van der Waals surface area contributed by atoms with E-state index in [1.54, 1.807) is 6.92 Å². The van der Waals surface area contributed by atoms with Crippen LogP contribution in [0.4, 0.5) is 0 Å². The van der Waals surface area contributed by atoms with Gasteiger partial charge >= 0.3 is 0 Å². The van der Waals surface area contributed by atoms with Crippen molar-refractivity contribution >= 4 is 23.2 Å². The van der Waals surface area contributed by atoms with Crippen LogP contribution in [0.2, 0.25) is 5.02 Å². The van der Waals surface area contributed by atoms with E-state index in [2.05, 4.69) is 0 Å². The Hall–Kier alpha value is -2.21. The van der Waals surface area contributed by atoms with Gasteiger partial charge in [0.2, 0.25) is 23.1 Å². The number of fused-ring (bicyclic) bond motifs is 1. The Morgan fingerprint density at radius 2 is 1.38 bits per heavy atom. The molecular formula is C14H13ClO6. The first-order valence-corrected chi connectivity index (χ1v) is 6.46. The Balaban J connectivity index is 2.90. The molecule has 0 aromatic heterocycles. The standard InChI is InChI=1S/C14H13ClO6/c1-4-5-8(15)10(17)7-6(9(5)16)11(18)13(20-2)14(21-3)12(7)19/h16-17H,4H2,1-3H3. The lowest BCUT2D eigenvalue weighted by molar-refractivity contribution is 0.0824. The maximum Gasteiger partial charge on any atom is 0.236 e. The molecule has 2 rings (SSSR count). The number of hydrogen-bond acceptors (Lipinski definition) is 6. The Bertz CT molecular complexity index is 689. The summed E-state index contributed by atoms with van der Waals surface area (Å²) in [6.07, 6.45) is 0.274. The SMILES string of the molecule is CCc1c(O)c2c(c(O)c1Cl)C(=O)C(OC)=C(OC)C2=O. The summed E-state index contributed by atoms with van der Waals surface area (Å²) in [7, 11) is 2.40. The third-order valence-corrected chi connectivity index (χ3v) is 3.72. The minimum Gasteiger partial charge on any atom is -0.507 e. The normalized spacial score (nSPS) is 14.3. The second-order valence-electron chi connectivity index (χ2n) is 4.32. The van der Waals surface area contributed by atoms with Crippen molar-refractivity contribution in [3.63, 3.8) is 0 Å². The lowest BCUT2D eigenvalue weighted by atomic mass is 9.88. The molecule has 0 spiro atoms. The average Bonchev–Trinajstić information content (AvgIpc) is 2.46. The minimum absolute atomic E-state index is 0.161. The number of ketones is 2. The molecule has 0 heterocycles. The van der Waals surface area contributed by atoms with Crippen molar-refractivity contribution in [1.29, 1.82) is 0 Å². The molecule has 21 heavy (non-hydrogen) atoms. The Kier molecular flexibility index (Phi) is 3.82. The Morgan fingerprint density at radius 3 is 1.76 bits per heavy atom. The Labute approximate surface area is 125 Å². The molecule has 0 saturated carbocycles. The number of ether oxygens (including phenoxy) is 2. The maximum absolute atomic E-state index is 12.4. The number of rotatable bonds is 3. The van der Waals surface area contributed by atoms with Crippen LogP contribution in [0.3, 0.4) is 0 Å². The first kappa shape index (κ1) is 15.2. The van der Waals surface area contributed by atoms with Gasteiger partial charge in [0.1, 0.15) is 11.5 Å². The third kappa shape index (κ3) is 1.94. The first-order chi connectivity index (χ1) is 9.90. The van der Waals surface area contributed by atoms with Crippen LogP contribution < -0.4 is 0 Å². The van der Waals surface area contributed by atoms with Gasteiger partial charge in [0.25, 0.3) is 0 Å². The van der Waals surface area contributed by atoms with E-state index in [9.17, 15) is 19.8 Å². The lowest BCUT2D eigenvalue weighted by Gasteiger charge is -2.22. The van der Waals surface area contributed by atoms with Crippen LogP contribution in [0.15, 0.2) is 11.5 Å². The summed E-state index contributed by atoms with van der Waals surface area (Å²) in [4.78, 5) is 24.7.